The van der Waals surface area contributed by atoms with Gasteiger partial charge in [0, 0.05) is 17.8 Å². The standard InChI is InChI=1S/C13H18N2O2S/c1-18-11-6-5-9(7-11)14-8-10-3-2-4-12(15-10)13(16)17/h2-4,9,11,14H,5-8H2,1H3,(H,16,17). The van der Waals surface area contributed by atoms with Gasteiger partial charge in [-0.3, -0.25) is 0 Å². The third-order valence-electron chi connectivity index (χ3n) is 3.32. The Kier molecular flexibility index (Phi) is 4.60. The van der Waals surface area contributed by atoms with E-state index in [0.29, 0.717) is 12.6 Å². The van der Waals surface area contributed by atoms with Crippen LogP contribution in [0.25, 0.3) is 0 Å². The molecule has 1 aromatic heterocycles. The molecule has 2 unspecified atom stereocenters. The predicted octanol–water partition coefficient (Wildman–Crippen LogP) is 2.15. The number of carboxylic acids is 1. The molecule has 0 saturated heterocycles. The zero-order valence-electron chi connectivity index (χ0n) is 10.4. The third-order valence-corrected chi connectivity index (χ3v) is 4.41. The number of aromatic nitrogens is 1. The first-order valence-electron chi connectivity index (χ1n) is 6.14. The fourth-order valence-corrected chi connectivity index (χ4v) is 3.08. The van der Waals surface area contributed by atoms with Crippen LogP contribution in [0.1, 0.15) is 35.4 Å². The van der Waals surface area contributed by atoms with E-state index in [4.69, 9.17) is 5.11 Å². The minimum Gasteiger partial charge on any atom is -0.477 e. The molecule has 1 heterocycles. The van der Waals surface area contributed by atoms with E-state index in [0.717, 1.165) is 10.9 Å². The Labute approximate surface area is 111 Å². The van der Waals surface area contributed by atoms with Gasteiger partial charge in [0.2, 0.25) is 0 Å². The van der Waals surface area contributed by atoms with Crippen LogP contribution in [0.3, 0.4) is 0 Å². The molecule has 1 aliphatic rings. The molecule has 4 nitrogen and oxygen atoms in total. The van der Waals surface area contributed by atoms with Crippen molar-refractivity contribution in [2.45, 2.75) is 37.1 Å². The smallest absolute Gasteiger partial charge is 0.354 e. The van der Waals surface area contributed by atoms with Crippen molar-refractivity contribution in [3.63, 3.8) is 0 Å². The second kappa shape index (κ2) is 6.20. The van der Waals surface area contributed by atoms with E-state index in [1.807, 2.05) is 17.8 Å². The summed E-state index contributed by atoms with van der Waals surface area (Å²) >= 11 is 1.93. The largest absolute Gasteiger partial charge is 0.477 e. The molecular formula is C13H18N2O2S. The summed E-state index contributed by atoms with van der Waals surface area (Å²) in [7, 11) is 0. The number of carboxylic acid groups (broad SMARTS) is 1. The molecule has 0 aliphatic heterocycles. The lowest BCUT2D eigenvalue weighted by Gasteiger charge is -2.12. The van der Waals surface area contributed by atoms with Crippen LogP contribution in [0.5, 0.6) is 0 Å². The summed E-state index contributed by atoms with van der Waals surface area (Å²) in [5.41, 5.74) is 0.908. The van der Waals surface area contributed by atoms with Crippen molar-refractivity contribution >= 4 is 17.7 Å². The van der Waals surface area contributed by atoms with Crippen LogP contribution in [0.2, 0.25) is 0 Å². The molecule has 2 N–H and O–H groups in total. The molecule has 0 amide bonds. The van der Waals surface area contributed by atoms with Crippen LogP contribution in [0.4, 0.5) is 0 Å². The van der Waals surface area contributed by atoms with Gasteiger partial charge in [0.05, 0.1) is 5.69 Å². The number of pyridine rings is 1. The van der Waals surface area contributed by atoms with Crippen molar-refractivity contribution in [1.82, 2.24) is 10.3 Å². The number of hydrogen-bond acceptors (Lipinski definition) is 4. The normalized spacial score (nSPS) is 23.2. The van der Waals surface area contributed by atoms with Gasteiger partial charge in [0.25, 0.3) is 0 Å². The fourth-order valence-electron chi connectivity index (χ4n) is 2.29. The van der Waals surface area contributed by atoms with Crippen molar-refractivity contribution in [3.8, 4) is 0 Å². The minimum absolute atomic E-state index is 0.114. The number of hydrogen-bond donors (Lipinski definition) is 2. The first-order chi connectivity index (χ1) is 8.69. The fraction of sp³-hybridized carbons (Fsp3) is 0.538. The Morgan fingerprint density at radius 2 is 2.39 bits per heavy atom. The highest BCUT2D eigenvalue weighted by Crippen LogP contribution is 2.28. The van der Waals surface area contributed by atoms with E-state index in [1.54, 1.807) is 6.07 Å². The second-order valence-corrected chi connectivity index (χ2v) is 5.71. The first kappa shape index (κ1) is 13.4. The zero-order valence-corrected chi connectivity index (χ0v) is 11.2. The molecular weight excluding hydrogens is 248 g/mol. The van der Waals surface area contributed by atoms with E-state index in [1.165, 1.54) is 25.3 Å². The van der Waals surface area contributed by atoms with Crippen molar-refractivity contribution in [1.29, 1.82) is 0 Å². The predicted molar refractivity (Wildman–Crippen MR) is 73.0 cm³/mol. The van der Waals surface area contributed by atoms with E-state index >= 15 is 0 Å². The Balaban J connectivity index is 1.87. The number of nitrogens with zero attached hydrogens (tertiary/aromatic N) is 1. The van der Waals surface area contributed by atoms with Crippen molar-refractivity contribution in [2.75, 3.05) is 6.26 Å². The van der Waals surface area contributed by atoms with Gasteiger partial charge in [-0.25, -0.2) is 9.78 Å². The molecule has 98 valence electrons. The molecule has 1 aromatic rings. The molecule has 2 atom stereocenters. The Morgan fingerprint density at radius 1 is 1.56 bits per heavy atom. The number of rotatable bonds is 5. The van der Waals surface area contributed by atoms with E-state index < -0.39 is 5.97 Å². The number of nitrogens with one attached hydrogen (secondary N) is 1. The topological polar surface area (TPSA) is 62.2 Å². The maximum absolute atomic E-state index is 10.8. The van der Waals surface area contributed by atoms with Gasteiger partial charge >= 0.3 is 5.97 Å². The summed E-state index contributed by atoms with van der Waals surface area (Å²) in [6.07, 6.45) is 5.82. The van der Waals surface area contributed by atoms with Crippen LogP contribution >= 0.6 is 11.8 Å². The molecule has 1 saturated carbocycles. The molecule has 0 bridgehead atoms. The molecule has 18 heavy (non-hydrogen) atoms. The lowest BCUT2D eigenvalue weighted by atomic mass is 10.2. The quantitative estimate of drug-likeness (QED) is 0.855. The molecule has 1 aliphatic carbocycles. The SMILES string of the molecule is CSC1CCC(NCc2cccc(C(=O)O)n2)C1. The van der Waals surface area contributed by atoms with Gasteiger partial charge < -0.3 is 10.4 Å². The van der Waals surface area contributed by atoms with Gasteiger partial charge in [-0.1, -0.05) is 6.07 Å². The van der Waals surface area contributed by atoms with Crippen LogP contribution in [0, 0.1) is 0 Å². The summed E-state index contributed by atoms with van der Waals surface area (Å²) < 4.78 is 0. The molecule has 0 spiro atoms. The van der Waals surface area contributed by atoms with Gasteiger partial charge in [0.1, 0.15) is 5.69 Å². The summed E-state index contributed by atoms with van der Waals surface area (Å²) in [5.74, 6) is -0.972. The van der Waals surface area contributed by atoms with Crippen molar-refractivity contribution in [2.24, 2.45) is 0 Å². The Morgan fingerprint density at radius 3 is 3.06 bits per heavy atom. The summed E-state index contributed by atoms with van der Waals surface area (Å²) in [6, 6.07) is 5.66. The Hall–Kier alpha value is -1.07. The van der Waals surface area contributed by atoms with Gasteiger partial charge in [-0.15, -0.1) is 0 Å². The highest BCUT2D eigenvalue weighted by Gasteiger charge is 2.23. The number of aromatic carboxylic acids is 1. The summed E-state index contributed by atoms with van der Waals surface area (Å²) in [6.45, 7) is 0.646. The molecule has 0 radical (unpaired) electrons. The molecule has 2 rings (SSSR count). The Bertz CT molecular complexity index is 425. The first-order valence-corrected chi connectivity index (χ1v) is 7.43. The maximum Gasteiger partial charge on any atom is 0.354 e. The molecule has 5 heteroatoms. The average Bonchev–Trinajstić information content (AvgIpc) is 2.84. The lowest BCUT2D eigenvalue weighted by Crippen LogP contribution is -2.26. The van der Waals surface area contributed by atoms with Crippen LogP contribution in [-0.4, -0.2) is 33.6 Å². The van der Waals surface area contributed by atoms with Gasteiger partial charge in [0.15, 0.2) is 0 Å². The molecule has 1 fully saturated rings. The third kappa shape index (κ3) is 3.46. The van der Waals surface area contributed by atoms with E-state index in [9.17, 15) is 4.79 Å². The lowest BCUT2D eigenvalue weighted by molar-refractivity contribution is 0.0690. The van der Waals surface area contributed by atoms with Crippen LogP contribution < -0.4 is 5.32 Å². The zero-order chi connectivity index (χ0) is 13.0. The van der Waals surface area contributed by atoms with E-state index in [2.05, 4.69) is 16.6 Å². The minimum atomic E-state index is -0.972. The van der Waals surface area contributed by atoms with Gasteiger partial charge in [-0.2, -0.15) is 11.8 Å². The van der Waals surface area contributed by atoms with E-state index in [-0.39, 0.29) is 5.69 Å². The van der Waals surface area contributed by atoms with Crippen molar-refractivity contribution in [3.05, 3.63) is 29.6 Å². The summed E-state index contributed by atoms with van der Waals surface area (Å²) in [4.78, 5) is 14.9. The van der Waals surface area contributed by atoms with Crippen LogP contribution in [0.15, 0.2) is 18.2 Å². The maximum atomic E-state index is 10.8. The average molecular weight is 266 g/mol. The number of carbonyl (C=O) groups is 1. The van der Waals surface area contributed by atoms with Crippen LogP contribution in [-0.2, 0) is 6.54 Å². The van der Waals surface area contributed by atoms with Crippen molar-refractivity contribution < 1.29 is 9.90 Å². The highest BCUT2D eigenvalue weighted by molar-refractivity contribution is 7.99. The molecule has 0 aromatic carbocycles. The number of thioether (sulfide) groups is 1. The van der Waals surface area contributed by atoms with Gasteiger partial charge in [-0.05, 0) is 37.7 Å². The highest BCUT2D eigenvalue weighted by atomic mass is 32.2. The second-order valence-electron chi connectivity index (χ2n) is 4.57. The monoisotopic (exact) mass is 266 g/mol. The summed E-state index contributed by atoms with van der Waals surface area (Å²) in [5, 5.41) is 13.1.